The Balaban J connectivity index is 1.58. The molecule has 1 aromatic heterocycles. The van der Waals surface area contributed by atoms with Gasteiger partial charge in [-0.15, -0.1) is 0 Å². The zero-order chi connectivity index (χ0) is 16.2. The van der Waals surface area contributed by atoms with Crippen molar-refractivity contribution < 1.29 is 9.84 Å². The fraction of sp³-hybridized carbons (Fsp3) is 0.316. The van der Waals surface area contributed by atoms with Crippen molar-refractivity contribution in [1.82, 2.24) is 9.55 Å². The number of hydrogen-bond acceptors (Lipinski definition) is 3. The summed E-state index contributed by atoms with van der Waals surface area (Å²) in [6.07, 6.45) is 1.17. The number of aliphatic hydroxyl groups excluding tert-OH is 1. The van der Waals surface area contributed by atoms with Crippen LogP contribution in [0.2, 0.25) is 0 Å². The van der Waals surface area contributed by atoms with Crippen molar-refractivity contribution in [1.29, 1.82) is 0 Å². The van der Waals surface area contributed by atoms with Gasteiger partial charge in [0.2, 0.25) is 0 Å². The molecule has 0 amide bonds. The zero-order valence-corrected chi connectivity index (χ0v) is 13.5. The van der Waals surface area contributed by atoms with Crippen molar-refractivity contribution in [2.75, 3.05) is 6.61 Å². The molecule has 0 unspecified atom stereocenters. The van der Waals surface area contributed by atoms with Gasteiger partial charge in [0.1, 0.15) is 18.5 Å². The molecule has 120 valence electrons. The lowest BCUT2D eigenvalue weighted by Crippen LogP contribution is -2.23. The molecular formula is C19H22N2O2. The summed E-state index contributed by atoms with van der Waals surface area (Å²) in [5.74, 6) is 1.29. The molecule has 0 saturated heterocycles. The van der Waals surface area contributed by atoms with Gasteiger partial charge in [-0.05, 0) is 35.7 Å². The quantitative estimate of drug-likeness (QED) is 0.757. The van der Waals surface area contributed by atoms with Gasteiger partial charge in [-0.3, -0.25) is 0 Å². The van der Waals surface area contributed by atoms with Crippen LogP contribution in [0.3, 0.4) is 0 Å². The van der Waals surface area contributed by atoms with E-state index in [1.54, 1.807) is 6.33 Å². The summed E-state index contributed by atoms with van der Waals surface area (Å²) in [5.41, 5.74) is 3.24. The smallest absolute Gasteiger partial charge is 0.119 e. The summed E-state index contributed by atoms with van der Waals surface area (Å²) in [6, 6.07) is 15.9. The highest BCUT2D eigenvalue weighted by atomic mass is 16.5. The Kier molecular flexibility index (Phi) is 4.63. The van der Waals surface area contributed by atoms with Gasteiger partial charge in [0.15, 0.2) is 0 Å². The van der Waals surface area contributed by atoms with E-state index in [-0.39, 0.29) is 6.61 Å². The number of nitrogens with zero attached hydrogens (tertiary/aromatic N) is 2. The average Bonchev–Trinajstić information content (AvgIpc) is 2.96. The predicted octanol–water partition coefficient (Wildman–Crippen LogP) is 3.60. The fourth-order valence-electron chi connectivity index (χ4n) is 2.58. The maximum atomic E-state index is 10.2. The summed E-state index contributed by atoms with van der Waals surface area (Å²) in [6.45, 7) is 5.04. The van der Waals surface area contributed by atoms with Crippen molar-refractivity contribution in [2.24, 2.45) is 0 Å². The molecule has 0 aliphatic heterocycles. The zero-order valence-electron chi connectivity index (χ0n) is 13.5. The second-order valence-corrected chi connectivity index (χ2v) is 6.07. The van der Waals surface area contributed by atoms with Gasteiger partial charge in [0, 0.05) is 0 Å². The Morgan fingerprint density at radius 1 is 1.09 bits per heavy atom. The summed E-state index contributed by atoms with van der Waals surface area (Å²) in [7, 11) is 0. The topological polar surface area (TPSA) is 47.3 Å². The van der Waals surface area contributed by atoms with E-state index in [4.69, 9.17) is 4.74 Å². The first-order valence-corrected chi connectivity index (χ1v) is 7.94. The number of aromatic nitrogens is 2. The highest BCUT2D eigenvalue weighted by molar-refractivity contribution is 5.74. The molecule has 0 bridgehead atoms. The van der Waals surface area contributed by atoms with Crippen LogP contribution in [0.25, 0.3) is 11.0 Å². The third-order valence-electron chi connectivity index (χ3n) is 3.92. The molecular weight excluding hydrogens is 288 g/mol. The predicted molar refractivity (Wildman–Crippen MR) is 91.8 cm³/mol. The van der Waals surface area contributed by atoms with E-state index in [0.29, 0.717) is 12.5 Å². The summed E-state index contributed by atoms with van der Waals surface area (Å²) in [5, 5.41) is 10.2. The lowest BCUT2D eigenvalue weighted by molar-refractivity contribution is 0.0934. The average molecular weight is 310 g/mol. The normalized spacial score (nSPS) is 12.7. The third kappa shape index (κ3) is 3.71. The second kappa shape index (κ2) is 6.84. The van der Waals surface area contributed by atoms with E-state index in [0.717, 1.165) is 16.8 Å². The largest absolute Gasteiger partial charge is 0.491 e. The van der Waals surface area contributed by atoms with Crippen LogP contribution in [0.15, 0.2) is 54.9 Å². The SMILES string of the molecule is CC(C)c1ccc(OC[C@H](O)Cn2cnc3ccccc32)cc1. The Morgan fingerprint density at radius 2 is 1.83 bits per heavy atom. The summed E-state index contributed by atoms with van der Waals surface area (Å²) in [4.78, 5) is 4.33. The first kappa shape index (κ1) is 15.6. The molecule has 1 heterocycles. The number of ether oxygens (including phenoxy) is 1. The minimum atomic E-state index is -0.586. The second-order valence-electron chi connectivity index (χ2n) is 6.07. The minimum absolute atomic E-state index is 0.257. The van der Waals surface area contributed by atoms with Crippen LogP contribution in [0.4, 0.5) is 0 Å². The van der Waals surface area contributed by atoms with E-state index in [1.807, 2.05) is 41.0 Å². The van der Waals surface area contributed by atoms with Gasteiger partial charge in [0.25, 0.3) is 0 Å². The van der Waals surface area contributed by atoms with Crippen LogP contribution in [0.1, 0.15) is 25.3 Å². The van der Waals surface area contributed by atoms with Crippen LogP contribution in [-0.2, 0) is 6.54 Å². The Morgan fingerprint density at radius 3 is 2.57 bits per heavy atom. The van der Waals surface area contributed by atoms with Crippen LogP contribution < -0.4 is 4.74 Å². The molecule has 0 aliphatic carbocycles. The Bertz CT molecular complexity index is 762. The van der Waals surface area contributed by atoms with Crippen LogP contribution in [0, 0.1) is 0 Å². The maximum Gasteiger partial charge on any atom is 0.119 e. The minimum Gasteiger partial charge on any atom is -0.491 e. The van der Waals surface area contributed by atoms with E-state index in [9.17, 15) is 5.11 Å². The Hall–Kier alpha value is -2.33. The monoisotopic (exact) mass is 310 g/mol. The lowest BCUT2D eigenvalue weighted by Gasteiger charge is -2.14. The lowest BCUT2D eigenvalue weighted by atomic mass is 10.0. The van der Waals surface area contributed by atoms with E-state index in [1.165, 1.54) is 5.56 Å². The molecule has 3 rings (SSSR count). The van der Waals surface area contributed by atoms with Crippen molar-refractivity contribution in [3.05, 3.63) is 60.4 Å². The highest BCUT2D eigenvalue weighted by Crippen LogP contribution is 2.19. The molecule has 0 fully saturated rings. The molecule has 0 aliphatic rings. The van der Waals surface area contributed by atoms with Gasteiger partial charge in [0.05, 0.1) is 23.9 Å². The molecule has 0 saturated carbocycles. The number of fused-ring (bicyclic) bond motifs is 1. The maximum absolute atomic E-state index is 10.2. The van der Waals surface area contributed by atoms with E-state index >= 15 is 0 Å². The molecule has 2 aromatic carbocycles. The molecule has 1 N–H and O–H groups in total. The van der Waals surface area contributed by atoms with Crippen molar-refractivity contribution in [2.45, 2.75) is 32.4 Å². The van der Waals surface area contributed by atoms with E-state index < -0.39 is 6.10 Å². The number of benzene rings is 2. The van der Waals surface area contributed by atoms with Gasteiger partial charge in [-0.2, -0.15) is 0 Å². The fourth-order valence-corrected chi connectivity index (χ4v) is 2.58. The standard InChI is InChI=1S/C19H22N2O2/c1-14(2)15-7-9-17(10-8-15)23-12-16(22)11-21-13-20-18-5-3-4-6-19(18)21/h3-10,13-14,16,22H,11-12H2,1-2H3/t16-/m1/s1. The van der Waals surface area contributed by atoms with Crippen LogP contribution >= 0.6 is 0 Å². The van der Waals surface area contributed by atoms with Gasteiger partial charge < -0.3 is 14.4 Å². The Labute approximate surface area is 136 Å². The molecule has 4 nitrogen and oxygen atoms in total. The van der Waals surface area contributed by atoms with Crippen LogP contribution in [-0.4, -0.2) is 27.4 Å². The van der Waals surface area contributed by atoms with Gasteiger partial charge in [-0.1, -0.05) is 38.1 Å². The molecule has 0 radical (unpaired) electrons. The molecule has 4 heteroatoms. The molecule has 3 aromatic rings. The first-order valence-electron chi connectivity index (χ1n) is 7.94. The number of para-hydroxylation sites is 2. The van der Waals surface area contributed by atoms with Crippen molar-refractivity contribution in [3.63, 3.8) is 0 Å². The number of imidazole rings is 1. The number of rotatable bonds is 6. The molecule has 0 spiro atoms. The number of aliphatic hydroxyl groups is 1. The van der Waals surface area contributed by atoms with Crippen molar-refractivity contribution in [3.8, 4) is 5.75 Å². The summed E-state index contributed by atoms with van der Waals surface area (Å²) >= 11 is 0. The number of hydrogen-bond donors (Lipinski definition) is 1. The molecule has 23 heavy (non-hydrogen) atoms. The van der Waals surface area contributed by atoms with E-state index in [2.05, 4.69) is 31.0 Å². The summed E-state index contributed by atoms with van der Waals surface area (Å²) < 4.78 is 7.63. The highest BCUT2D eigenvalue weighted by Gasteiger charge is 2.09. The van der Waals surface area contributed by atoms with Crippen molar-refractivity contribution >= 4 is 11.0 Å². The molecule has 1 atom stereocenters. The van der Waals surface area contributed by atoms with Gasteiger partial charge in [-0.25, -0.2) is 4.98 Å². The third-order valence-corrected chi connectivity index (χ3v) is 3.92. The first-order chi connectivity index (χ1) is 11.1. The van der Waals surface area contributed by atoms with Gasteiger partial charge >= 0.3 is 0 Å². The van der Waals surface area contributed by atoms with Crippen LogP contribution in [0.5, 0.6) is 5.75 Å².